The fourth-order valence-electron chi connectivity index (χ4n) is 3.86. The molecule has 4 heteroatoms. The van der Waals surface area contributed by atoms with Gasteiger partial charge in [0.1, 0.15) is 5.60 Å². The second-order valence-corrected chi connectivity index (χ2v) is 8.75. The number of rotatable bonds is 1. The number of ether oxygens (including phenoxy) is 1. The number of nitrogens with zero attached hydrogens (tertiary/aromatic N) is 2. The molecule has 0 bridgehead atoms. The molecule has 22 heavy (non-hydrogen) atoms. The molecular weight excluding hydrogens is 276 g/mol. The number of amides is 1. The summed E-state index contributed by atoms with van der Waals surface area (Å²) in [6.07, 6.45) is 4.87. The first kappa shape index (κ1) is 17.6. The number of carbonyl (C=O) groups excluding carboxylic acids is 1. The summed E-state index contributed by atoms with van der Waals surface area (Å²) in [6.45, 7) is 15.7. The van der Waals surface area contributed by atoms with E-state index >= 15 is 0 Å². The van der Waals surface area contributed by atoms with E-state index in [0.717, 1.165) is 13.0 Å². The van der Waals surface area contributed by atoms with Crippen LogP contribution >= 0.6 is 0 Å². The average Bonchev–Trinajstić information content (AvgIpc) is 2.40. The van der Waals surface area contributed by atoms with E-state index in [2.05, 4.69) is 25.7 Å². The molecule has 0 aliphatic carbocycles. The highest BCUT2D eigenvalue weighted by molar-refractivity contribution is 5.69. The zero-order valence-electron chi connectivity index (χ0n) is 15.3. The predicted octanol–water partition coefficient (Wildman–Crippen LogP) is 3.90. The topological polar surface area (TPSA) is 32.8 Å². The minimum atomic E-state index is -0.430. The summed E-state index contributed by atoms with van der Waals surface area (Å²) in [7, 11) is 0. The molecule has 2 heterocycles. The lowest BCUT2D eigenvalue weighted by molar-refractivity contribution is -0.0413. The van der Waals surface area contributed by atoms with Crippen LogP contribution in [0.15, 0.2) is 0 Å². The maximum absolute atomic E-state index is 12.5. The third kappa shape index (κ3) is 4.15. The molecule has 0 N–H and O–H groups in total. The van der Waals surface area contributed by atoms with Gasteiger partial charge in [0.15, 0.2) is 0 Å². The van der Waals surface area contributed by atoms with Gasteiger partial charge in [-0.15, -0.1) is 0 Å². The molecule has 0 radical (unpaired) electrons. The minimum Gasteiger partial charge on any atom is -0.444 e. The van der Waals surface area contributed by atoms with Crippen molar-refractivity contribution in [3.05, 3.63) is 0 Å². The highest BCUT2D eigenvalue weighted by atomic mass is 16.6. The van der Waals surface area contributed by atoms with Crippen LogP contribution in [0.1, 0.15) is 67.2 Å². The van der Waals surface area contributed by atoms with E-state index in [1.165, 1.54) is 32.4 Å². The average molecular weight is 310 g/mol. The lowest BCUT2D eigenvalue weighted by Gasteiger charge is -2.51. The fraction of sp³-hybridized carbons (Fsp3) is 0.944. The van der Waals surface area contributed by atoms with Crippen molar-refractivity contribution < 1.29 is 9.53 Å². The Balaban J connectivity index is 2.06. The molecule has 2 fully saturated rings. The third-order valence-corrected chi connectivity index (χ3v) is 5.04. The monoisotopic (exact) mass is 310 g/mol. The van der Waals surface area contributed by atoms with E-state index in [-0.39, 0.29) is 11.6 Å². The van der Waals surface area contributed by atoms with Crippen LogP contribution in [0.2, 0.25) is 0 Å². The highest BCUT2D eigenvalue weighted by Crippen LogP contribution is 2.35. The van der Waals surface area contributed by atoms with Crippen LogP contribution in [0.3, 0.4) is 0 Å². The van der Waals surface area contributed by atoms with Crippen molar-refractivity contribution in [2.45, 2.75) is 84.4 Å². The first-order valence-electron chi connectivity index (χ1n) is 8.85. The normalized spacial score (nSPS) is 30.2. The fourth-order valence-corrected chi connectivity index (χ4v) is 3.86. The number of carbonyl (C=O) groups is 1. The van der Waals surface area contributed by atoms with E-state index in [0.29, 0.717) is 12.0 Å². The SMILES string of the molecule is CC1CN(C(=O)OC(C)(C)C)C(C)(C)CC1N1CCCCC1. The summed E-state index contributed by atoms with van der Waals surface area (Å²) in [4.78, 5) is 17.2. The molecular formula is C18H34N2O2. The molecule has 0 saturated carbocycles. The van der Waals surface area contributed by atoms with E-state index in [1.807, 2.05) is 25.7 Å². The van der Waals surface area contributed by atoms with E-state index in [9.17, 15) is 4.79 Å². The molecule has 0 spiro atoms. The Kier molecular flexibility index (Phi) is 5.10. The molecule has 4 nitrogen and oxygen atoms in total. The van der Waals surface area contributed by atoms with E-state index in [1.54, 1.807) is 0 Å². The van der Waals surface area contributed by atoms with Gasteiger partial charge in [0.05, 0.1) is 0 Å². The summed E-state index contributed by atoms with van der Waals surface area (Å²) in [5, 5.41) is 0. The molecule has 2 atom stereocenters. The molecule has 2 saturated heterocycles. The molecule has 2 aliphatic heterocycles. The van der Waals surface area contributed by atoms with Gasteiger partial charge in [-0.3, -0.25) is 4.90 Å². The third-order valence-electron chi connectivity index (χ3n) is 5.04. The lowest BCUT2D eigenvalue weighted by Crippen LogP contribution is -2.61. The van der Waals surface area contributed by atoms with Gasteiger partial charge in [-0.05, 0) is 72.9 Å². The van der Waals surface area contributed by atoms with Crippen LogP contribution < -0.4 is 0 Å². The van der Waals surface area contributed by atoms with Gasteiger partial charge in [-0.2, -0.15) is 0 Å². The maximum atomic E-state index is 12.5. The summed E-state index contributed by atoms with van der Waals surface area (Å²) < 4.78 is 5.62. The maximum Gasteiger partial charge on any atom is 0.410 e. The summed E-state index contributed by atoms with van der Waals surface area (Å²) in [6, 6.07) is 0.592. The Morgan fingerprint density at radius 3 is 2.27 bits per heavy atom. The Bertz CT molecular complexity index is 394. The van der Waals surface area contributed by atoms with E-state index in [4.69, 9.17) is 4.74 Å². The van der Waals surface area contributed by atoms with Crippen LogP contribution in [0.4, 0.5) is 4.79 Å². The zero-order valence-corrected chi connectivity index (χ0v) is 15.3. The summed E-state index contributed by atoms with van der Waals surface area (Å²) >= 11 is 0. The molecule has 2 unspecified atom stereocenters. The standard InChI is InChI=1S/C18H34N2O2/c1-14-13-20(16(21)22-17(2,3)4)18(5,6)12-15(14)19-10-8-7-9-11-19/h14-15H,7-13H2,1-6H3. The zero-order chi connectivity index (χ0) is 16.5. The van der Waals surface area contributed by atoms with Gasteiger partial charge in [-0.25, -0.2) is 4.79 Å². The molecule has 128 valence electrons. The quantitative estimate of drug-likeness (QED) is 0.736. The number of hydrogen-bond acceptors (Lipinski definition) is 3. The second-order valence-electron chi connectivity index (χ2n) is 8.75. The molecule has 1 amide bonds. The van der Waals surface area contributed by atoms with Crippen molar-refractivity contribution in [1.82, 2.24) is 9.80 Å². The molecule has 2 aliphatic rings. The van der Waals surface area contributed by atoms with E-state index < -0.39 is 5.60 Å². The smallest absolute Gasteiger partial charge is 0.410 e. The van der Waals surface area contributed by atoms with Crippen LogP contribution in [-0.4, -0.2) is 52.7 Å². The van der Waals surface area contributed by atoms with Gasteiger partial charge in [0, 0.05) is 18.1 Å². The summed E-state index contributed by atoms with van der Waals surface area (Å²) in [5.74, 6) is 0.499. The van der Waals surface area contributed by atoms with Gasteiger partial charge in [-0.1, -0.05) is 13.3 Å². The Labute approximate surface area is 136 Å². The molecule has 0 aromatic heterocycles. The van der Waals surface area contributed by atoms with Gasteiger partial charge < -0.3 is 9.64 Å². The molecule has 0 aromatic rings. The summed E-state index contributed by atoms with van der Waals surface area (Å²) in [5.41, 5.74) is -0.572. The minimum absolute atomic E-state index is 0.142. The van der Waals surface area contributed by atoms with Crippen molar-refractivity contribution in [2.24, 2.45) is 5.92 Å². The van der Waals surface area contributed by atoms with Gasteiger partial charge in [0.2, 0.25) is 0 Å². The van der Waals surface area contributed by atoms with Crippen LogP contribution in [-0.2, 0) is 4.74 Å². The lowest BCUT2D eigenvalue weighted by atomic mass is 9.80. The Morgan fingerprint density at radius 1 is 1.14 bits per heavy atom. The first-order valence-corrected chi connectivity index (χ1v) is 8.85. The van der Waals surface area contributed by atoms with Crippen molar-refractivity contribution in [1.29, 1.82) is 0 Å². The number of piperidine rings is 2. The van der Waals surface area contributed by atoms with Crippen LogP contribution in [0.25, 0.3) is 0 Å². The van der Waals surface area contributed by atoms with Gasteiger partial charge >= 0.3 is 6.09 Å². The largest absolute Gasteiger partial charge is 0.444 e. The van der Waals surface area contributed by atoms with Crippen molar-refractivity contribution in [2.75, 3.05) is 19.6 Å². The Morgan fingerprint density at radius 2 is 1.73 bits per heavy atom. The van der Waals surface area contributed by atoms with Gasteiger partial charge in [0.25, 0.3) is 0 Å². The second kappa shape index (κ2) is 6.38. The van der Waals surface area contributed by atoms with Crippen molar-refractivity contribution in [3.8, 4) is 0 Å². The molecule has 0 aromatic carbocycles. The number of likely N-dealkylation sites (tertiary alicyclic amines) is 2. The first-order chi connectivity index (χ1) is 10.1. The van der Waals surface area contributed by atoms with Crippen LogP contribution in [0.5, 0.6) is 0 Å². The Hall–Kier alpha value is -0.770. The number of hydrogen-bond donors (Lipinski definition) is 0. The van der Waals surface area contributed by atoms with Crippen molar-refractivity contribution >= 4 is 6.09 Å². The van der Waals surface area contributed by atoms with Crippen LogP contribution in [0, 0.1) is 5.92 Å². The highest BCUT2D eigenvalue weighted by Gasteiger charge is 2.44. The molecule has 2 rings (SSSR count). The predicted molar refractivity (Wildman–Crippen MR) is 90.0 cm³/mol. The van der Waals surface area contributed by atoms with Crippen molar-refractivity contribution in [3.63, 3.8) is 0 Å².